The highest BCUT2D eigenvalue weighted by atomic mass is 16.5. The maximum absolute atomic E-state index is 13.4. The molecule has 0 saturated heterocycles. The van der Waals surface area contributed by atoms with E-state index in [9.17, 15) is 9.59 Å². The molecule has 0 aliphatic carbocycles. The maximum Gasteiger partial charge on any atom is 0.305 e. The molecule has 0 N–H and O–H groups in total. The van der Waals surface area contributed by atoms with E-state index in [4.69, 9.17) is 9.47 Å². The van der Waals surface area contributed by atoms with Gasteiger partial charge in [-0.3, -0.25) is 9.59 Å². The summed E-state index contributed by atoms with van der Waals surface area (Å²) < 4.78 is 13.0. The normalized spacial score (nSPS) is 11.2. The standard InChI is InChI=1S/C34H39NO4/c1-4-38-33(36)12-7-21-35-24-31(30-10-5-6-11-32(30)35)34(37)28-17-19-29(20-18-28)39-22-8-9-26-13-15-27(16-14-26)23-25(2)3/h5-6,10-11,13-20,24-25H,4,7-9,12,21-23H2,1-3H3. The second-order valence-electron chi connectivity index (χ2n) is 10.4. The lowest BCUT2D eigenvalue weighted by molar-refractivity contribution is -0.143. The van der Waals surface area contributed by atoms with Gasteiger partial charge in [0, 0.05) is 41.2 Å². The number of fused-ring (bicyclic) bond motifs is 1. The number of para-hydroxylation sites is 1. The minimum atomic E-state index is -0.191. The van der Waals surface area contributed by atoms with Gasteiger partial charge in [-0.25, -0.2) is 0 Å². The summed E-state index contributed by atoms with van der Waals surface area (Å²) in [4.78, 5) is 25.1. The van der Waals surface area contributed by atoms with E-state index in [1.807, 2.05) is 61.7 Å². The Balaban J connectivity index is 1.32. The lowest BCUT2D eigenvalue weighted by Crippen LogP contribution is -2.06. The number of benzene rings is 3. The lowest BCUT2D eigenvalue weighted by atomic mass is 10.0. The average Bonchev–Trinajstić information content (AvgIpc) is 3.30. The number of nitrogens with zero attached hydrogens (tertiary/aromatic N) is 1. The van der Waals surface area contributed by atoms with E-state index >= 15 is 0 Å². The Kier molecular flexibility index (Phi) is 9.96. The summed E-state index contributed by atoms with van der Waals surface area (Å²) in [5.74, 6) is 1.21. The highest BCUT2D eigenvalue weighted by Crippen LogP contribution is 2.25. The van der Waals surface area contributed by atoms with Gasteiger partial charge in [0.2, 0.25) is 0 Å². The largest absolute Gasteiger partial charge is 0.494 e. The van der Waals surface area contributed by atoms with Crippen molar-refractivity contribution in [3.63, 3.8) is 0 Å². The van der Waals surface area contributed by atoms with E-state index in [2.05, 4.69) is 42.7 Å². The van der Waals surface area contributed by atoms with Crippen molar-refractivity contribution >= 4 is 22.7 Å². The number of aromatic nitrogens is 1. The molecule has 0 bridgehead atoms. The van der Waals surface area contributed by atoms with E-state index in [-0.39, 0.29) is 11.8 Å². The van der Waals surface area contributed by atoms with E-state index in [1.165, 1.54) is 11.1 Å². The molecule has 0 unspecified atom stereocenters. The van der Waals surface area contributed by atoms with Crippen LogP contribution in [-0.2, 0) is 28.9 Å². The van der Waals surface area contributed by atoms with Crippen LogP contribution < -0.4 is 4.74 Å². The van der Waals surface area contributed by atoms with Crippen molar-refractivity contribution in [2.45, 2.75) is 59.4 Å². The highest BCUT2D eigenvalue weighted by molar-refractivity contribution is 6.16. The first-order valence-electron chi connectivity index (χ1n) is 14.0. The predicted molar refractivity (Wildman–Crippen MR) is 156 cm³/mol. The fourth-order valence-corrected chi connectivity index (χ4v) is 4.88. The minimum Gasteiger partial charge on any atom is -0.494 e. The number of rotatable bonds is 14. The minimum absolute atomic E-state index is 0.0252. The van der Waals surface area contributed by atoms with Crippen molar-refractivity contribution < 1.29 is 19.1 Å². The molecule has 0 radical (unpaired) electrons. The number of ether oxygens (including phenoxy) is 2. The molecule has 39 heavy (non-hydrogen) atoms. The van der Waals surface area contributed by atoms with Gasteiger partial charge >= 0.3 is 5.97 Å². The molecule has 0 aliphatic heterocycles. The number of carbonyl (C=O) groups excluding carboxylic acids is 2. The van der Waals surface area contributed by atoms with Gasteiger partial charge in [0.1, 0.15) is 5.75 Å². The Hall–Kier alpha value is -3.86. The number of aryl methyl sites for hydroxylation is 2. The third-order valence-electron chi connectivity index (χ3n) is 6.78. The summed E-state index contributed by atoms with van der Waals surface area (Å²) in [5.41, 5.74) is 4.98. The molecule has 4 aromatic rings. The summed E-state index contributed by atoms with van der Waals surface area (Å²) in [6, 6.07) is 24.2. The molecule has 4 rings (SSSR count). The van der Waals surface area contributed by atoms with Crippen molar-refractivity contribution in [2.75, 3.05) is 13.2 Å². The molecular formula is C34H39NO4. The van der Waals surface area contributed by atoms with E-state index in [1.54, 1.807) is 0 Å². The van der Waals surface area contributed by atoms with Crippen LogP contribution in [0.4, 0.5) is 0 Å². The third kappa shape index (κ3) is 7.82. The predicted octanol–water partition coefficient (Wildman–Crippen LogP) is 7.43. The Labute approximate surface area is 231 Å². The molecule has 0 spiro atoms. The topological polar surface area (TPSA) is 57.5 Å². The Bertz CT molecular complexity index is 1370. The van der Waals surface area contributed by atoms with Crippen LogP contribution in [0.3, 0.4) is 0 Å². The van der Waals surface area contributed by atoms with Gasteiger partial charge in [-0.2, -0.15) is 0 Å². The number of hydrogen-bond donors (Lipinski definition) is 0. The van der Waals surface area contributed by atoms with Crippen molar-refractivity contribution in [3.05, 3.63) is 101 Å². The van der Waals surface area contributed by atoms with Gasteiger partial charge in [-0.15, -0.1) is 0 Å². The summed E-state index contributed by atoms with van der Waals surface area (Å²) >= 11 is 0. The highest BCUT2D eigenvalue weighted by Gasteiger charge is 2.17. The molecule has 0 amide bonds. The van der Waals surface area contributed by atoms with Crippen molar-refractivity contribution in [1.29, 1.82) is 0 Å². The van der Waals surface area contributed by atoms with Crippen LogP contribution in [0.15, 0.2) is 79.0 Å². The smallest absolute Gasteiger partial charge is 0.305 e. The summed E-state index contributed by atoms with van der Waals surface area (Å²) in [6.07, 6.45) is 5.93. The molecule has 5 nitrogen and oxygen atoms in total. The Morgan fingerprint density at radius 1 is 0.872 bits per heavy atom. The zero-order chi connectivity index (χ0) is 27.6. The average molecular weight is 526 g/mol. The first kappa shape index (κ1) is 28.2. The molecular weight excluding hydrogens is 486 g/mol. The zero-order valence-electron chi connectivity index (χ0n) is 23.3. The van der Waals surface area contributed by atoms with E-state index < -0.39 is 0 Å². The Morgan fingerprint density at radius 3 is 2.31 bits per heavy atom. The van der Waals surface area contributed by atoms with E-state index in [0.717, 1.165) is 35.9 Å². The van der Waals surface area contributed by atoms with Gasteiger partial charge in [0.25, 0.3) is 0 Å². The monoisotopic (exact) mass is 525 g/mol. The SMILES string of the molecule is CCOC(=O)CCCn1cc(C(=O)c2ccc(OCCCc3ccc(CC(C)C)cc3)cc2)c2ccccc21. The zero-order valence-corrected chi connectivity index (χ0v) is 23.3. The first-order chi connectivity index (χ1) is 18.9. The lowest BCUT2D eigenvalue weighted by Gasteiger charge is -2.08. The summed E-state index contributed by atoms with van der Waals surface area (Å²) in [7, 11) is 0. The number of esters is 1. The molecule has 0 saturated carbocycles. The molecule has 3 aromatic carbocycles. The van der Waals surface area contributed by atoms with Crippen LogP contribution in [-0.4, -0.2) is 29.5 Å². The van der Waals surface area contributed by atoms with Crippen LogP contribution >= 0.6 is 0 Å². The van der Waals surface area contributed by atoms with Crippen LogP contribution in [0.1, 0.15) is 67.1 Å². The number of ketones is 1. The van der Waals surface area contributed by atoms with Crippen LogP contribution in [0.2, 0.25) is 0 Å². The number of carbonyl (C=O) groups is 2. The Morgan fingerprint density at radius 2 is 1.59 bits per heavy atom. The van der Waals surface area contributed by atoms with Gasteiger partial charge in [0.05, 0.1) is 13.2 Å². The summed E-state index contributed by atoms with van der Waals surface area (Å²) in [6.45, 7) is 7.95. The van der Waals surface area contributed by atoms with Gasteiger partial charge in [0.15, 0.2) is 5.78 Å². The molecule has 0 atom stereocenters. The summed E-state index contributed by atoms with van der Waals surface area (Å²) in [5, 5.41) is 0.913. The van der Waals surface area contributed by atoms with Crippen LogP contribution in [0, 0.1) is 5.92 Å². The fraction of sp³-hybridized carbons (Fsp3) is 0.353. The third-order valence-corrected chi connectivity index (χ3v) is 6.78. The second kappa shape index (κ2) is 13.8. The van der Waals surface area contributed by atoms with Crippen molar-refractivity contribution in [2.24, 2.45) is 5.92 Å². The van der Waals surface area contributed by atoms with E-state index in [0.29, 0.717) is 49.6 Å². The van der Waals surface area contributed by atoms with Gasteiger partial charge in [-0.1, -0.05) is 56.3 Å². The van der Waals surface area contributed by atoms with Crippen LogP contribution in [0.25, 0.3) is 10.9 Å². The molecule has 5 heteroatoms. The maximum atomic E-state index is 13.4. The van der Waals surface area contributed by atoms with Gasteiger partial charge < -0.3 is 14.0 Å². The van der Waals surface area contributed by atoms with Gasteiger partial charge in [-0.05, 0) is 80.0 Å². The molecule has 1 heterocycles. The molecule has 204 valence electrons. The molecule has 1 aromatic heterocycles. The molecule has 0 aliphatic rings. The fourth-order valence-electron chi connectivity index (χ4n) is 4.88. The van der Waals surface area contributed by atoms with Crippen molar-refractivity contribution in [3.8, 4) is 5.75 Å². The second-order valence-corrected chi connectivity index (χ2v) is 10.4. The van der Waals surface area contributed by atoms with Crippen LogP contribution in [0.5, 0.6) is 5.75 Å². The quantitative estimate of drug-likeness (QED) is 0.0976. The first-order valence-corrected chi connectivity index (χ1v) is 14.0. The van der Waals surface area contributed by atoms with Crippen molar-refractivity contribution in [1.82, 2.24) is 4.57 Å². The molecule has 0 fully saturated rings. The number of hydrogen-bond acceptors (Lipinski definition) is 4.